The minimum absolute atomic E-state index is 0.0661. The second-order valence-corrected chi connectivity index (χ2v) is 6.47. The number of halogens is 1. The third kappa shape index (κ3) is 4.48. The molecule has 2 rings (SSSR count). The molecule has 1 fully saturated rings. The van der Waals surface area contributed by atoms with Gasteiger partial charge in [0, 0.05) is 13.0 Å². The largest absolute Gasteiger partial charge is 0.378 e. The number of amides is 1. The average molecular weight is 316 g/mol. The van der Waals surface area contributed by atoms with Gasteiger partial charge in [-0.3, -0.25) is 4.79 Å². The van der Waals surface area contributed by atoms with Crippen LogP contribution in [0.25, 0.3) is 0 Å². The molecule has 3 N–H and O–H groups in total. The van der Waals surface area contributed by atoms with E-state index < -0.39 is 21.7 Å². The molecule has 0 aromatic heterocycles. The van der Waals surface area contributed by atoms with Crippen molar-refractivity contribution in [3.8, 4) is 0 Å². The number of rotatable bonds is 5. The average Bonchev–Trinajstić information content (AvgIpc) is 2.91. The van der Waals surface area contributed by atoms with Gasteiger partial charge in [0.05, 0.1) is 16.7 Å². The fourth-order valence-corrected chi connectivity index (χ4v) is 2.69. The minimum atomic E-state index is -3.94. The van der Waals surface area contributed by atoms with E-state index in [0.717, 1.165) is 31.0 Å². The van der Waals surface area contributed by atoms with Crippen LogP contribution in [0, 0.1) is 5.82 Å². The van der Waals surface area contributed by atoms with E-state index in [1.807, 2.05) is 0 Å². The maximum absolute atomic E-state index is 13.6. The summed E-state index contributed by atoms with van der Waals surface area (Å²) in [4.78, 5) is 11.5. The molecular formula is C13H17FN2O4S. The van der Waals surface area contributed by atoms with E-state index in [9.17, 15) is 17.6 Å². The first kappa shape index (κ1) is 15.9. The fourth-order valence-electron chi connectivity index (χ4n) is 2.15. The molecule has 0 bridgehead atoms. The third-order valence-electron chi connectivity index (χ3n) is 3.26. The van der Waals surface area contributed by atoms with Crippen LogP contribution in [0.2, 0.25) is 0 Å². The van der Waals surface area contributed by atoms with Gasteiger partial charge in [-0.2, -0.15) is 0 Å². The van der Waals surface area contributed by atoms with E-state index in [1.54, 1.807) is 0 Å². The van der Waals surface area contributed by atoms with Crippen molar-refractivity contribution in [2.24, 2.45) is 5.14 Å². The number of sulfonamides is 1. The second kappa shape index (κ2) is 6.50. The van der Waals surface area contributed by atoms with Crippen molar-refractivity contribution in [2.75, 3.05) is 11.9 Å². The zero-order valence-electron chi connectivity index (χ0n) is 11.3. The lowest BCUT2D eigenvalue weighted by Gasteiger charge is -2.10. The number of ether oxygens (including phenoxy) is 1. The molecule has 1 aromatic carbocycles. The summed E-state index contributed by atoms with van der Waals surface area (Å²) in [6, 6.07) is 3.01. The number of carbonyl (C=O) groups is 1. The SMILES string of the molecule is NS(=O)(=O)c1ccc(F)c(NC(=O)CCC2CCCO2)c1. The predicted octanol–water partition coefficient (Wildman–Crippen LogP) is 1.37. The predicted molar refractivity (Wildman–Crippen MR) is 74.6 cm³/mol. The molecule has 0 radical (unpaired) electrons. The molecule has 1 aromatic rings. The summed E-state index contributed by atoms with van der Waals surface area (Å²) < 4.78 is 41.4. The lowest BCUT2D eigenvalue weighted by atomic mass is 10.1. The van der Waals surface area contributed by atoms with Gasteiger partial charge >= 0.3 is 0 Å². The molecule has 8 heteroatoms. The van der Waals surface area contributed by atoms with Crippen molar-refractivity contribution in [2.45, 2.75) is 36.7 Å². The molecule has 1 atom stereocenters. The number of primary sulfonamides is 1. The van der Waals surface area contributed by atoms with E-state index in [2.05, 4.69) is 5.32 Å². The third-order valence-corrected chi connectivity index (χ3v) is 4.17. The summed E-state index contributed by atoms with van der Waals surface area (Å²) in [6.07, 6.45) is 2.71. The topological polar surface area (TPSA) is 98.5 Å². The summed E-state index contributed by atoms with van der Waals surface area (Å²) in [7, 11) is -3.94. The molecule has 21 heavy (non-hydrogen) atoms. The first-order chi connectivity index (χ1) is 9.86. The van der Waals surface area contributed by atoms with Crippen LogP contribution in [-0.4, -0.2) is 27.0 Å². The zero-order valence-corrected chi connectivity index (χ0v) is 12.2. The summed E-state index contributed by atoms with van der Waals surface area (Å²) in [6.45, 7) is 0.706. The first-order valence-corrected chi connectivity index (χ1v) is 8.15. The Morgan fingerprint density at radius 3 is 2.86 bits per heavy atom. The van der Waals surface area contributed by atoms with Crippen molar-refractivity contribution in [1.29, 1.82) is 0 Å². The Hall–Kier alpha value is -1.51. The number of hydrogen-bond acceptors (Lipinski definition) is 4. The van der Waals surface area contributed by atoms with Gasteiger partial charge in [0.1, 0.15) is 5.82 Å². The van der Waals surface area contributed by atoms with Gasteiger partial charge in [0.2, 0.25) is 15.9 Å². The van der Waals surface area contributed by atoms with Crippen molar-refractivity contribution < 1.29 is 22.3 Å². The number of nitrogens with two attached hydrogens (primary N) is 1. The Morgan fingerprint density at radius 2 is 2.24 bits per heavy atom. The highest BCUT2D eigenvalue weighted by Crippen LogP contribution is 2.20. The Labute approximate surface area is 122 Å². The molecule has 0 spiro atoms. The van der Waals surface area contributed by atoms with Crippen molar-refractivity contribution in [3.05, 3.63) is 24.0 Å². The van der Waals surface area contributed by atoms with Crippen LogP contribution in [0.15, 0.2) is 23.1 Å². The normalized spacial score (nSPS) is 18.7. The molecule has 1 saturated heterocycles. The van der Waals surface area contributed by atoms with Crippen LogP contribution in [0.5, 0.6) is 0 Å². The van der Waals surface area contributed by atoms with Crippen LogP contribution < -0.4 is 10.5 Å². The van der Waals surface area contributed by atoms with Gasteiger partial charge in [-0.25, -0.2) is 17.9 Å². The molecule has 6 nitrogen and oxygen atoms in total. The van der Waals surface area contributed by atoms with Gasteiger partial charge in [-0.15, -0.1) is 0 Å². The summed E-state index contributed by atoms with van der Waals surface area (Å²) in [5.41, 5.74) is -0.195. The van der Waals surface area contributed by atoms with E-state index in [1.165, 1.54) is 0 Å². The van der Waals surface area contributed by atoms with E-state index in [0.29, 0.717) is 13.0 Å². The van der Waals surface area contributed by atoms with Crippen molar-refractivity contribution >= 4 is 21.6 Å². The van der Waals surface area contributed by atoms with Gasteiger partial charge in [0.25, 0.3) is 0 Å². The Balaban J connectivity index is 1.99. The Kier molecular flexibility index (Phi) is 4.92. The zero-order chi connectivity index (χ0) is 15.5. The fraction of sp³-hybridized carbons (Fsp3) is 0.462. The van der Waals surface area contributed by atoms with Crippen LogP contribution in [0.3, 0.4) is 0 Å². The highest BCUT2D eigenvalue weighted by Gasteiger charge is 2.18. The smallest absolute Gasteiger partial charge is 0.238 e. The van der Waals surface area contributed by atoms with Crippen LogP contribution >= 0.6 is 0 Å². The summed E-state index contributed by atoms with van der Waals surface area (Å²) in [5, 5.41) is 7.33. The lowest BCUT2D eigenvalue weighted by molar-refractivity contribution is -0.116. The maximum Gasteiger partial charge on any atom is 0.238 e. The Bertz CT molecular complexity index is 627. The molecule has 1 amide bonds. The maximum atomic E-state index is 13.6. The van der Waals surface area contributed by atoms with Crippen LogP contribution in [0.4, 0.5) is 10.1 Å². The standard InChI is InChI=1S/C13H17FN2O4S/c14-11-5-4-10(21(15,18)19)8-12(11)16-13(17)6-3-9-2-1-7-20-9/h4-5,8-9H,1-3,6-7H2,(H,16,17)(H2,15,18,19). The van der Waals surface area contributed by atoms with E-state index >= 15 is 0 Å². The number of carbonyl (C=O) groups excluding carboxylic acids is 1. The molecule has 116 valence electrons. The molecule has 1 heterocycles. The number of nitrogens with one attached hydrogen (secondary N) is 1. The van der Waals surface area contributed by atoms with E-state index in [-0.39, 0.29) is 23.1 Å². The Morgan fingerprint density at radius 1 is 1.48 bits per heavy atom. The lowest BCUT2D eigenvalue weighted by Crippen LogP contribution is -2.17. The number of benzene rings is 1. The molecule has 1 unspecified atom stereocenters. The number of hydrogen-bond donors (Lipinski definition) is 2. The summed E-state index contributed by atoms with van der Waals surface area (Å²) >= 11 is 0. The highest BCUT2D eigenvalue weighted by molar-refractivity contribution is 7.89. The van der Waals surface area contributed by atoms with Crippen molar-refractivity contribution in [3.63, 3.8) is 0 Å². The first-order valence-electron chi connectivity index (χ1n) is 6.60. The minimum Gasteiger partial charge on any atom is -0.378 e. The van der Waals surface area contributed by atoms with Crippen molar-refractivity contribution in [1.82, 2.24) is 0 Å². The molecule has 0 aliphatic carbocycles. The molecule has 1 aliphatic rings. The van der Waals surface area contributed by atoms with Gasteiger partial charge in [-0.05, 0) is 37.5 Å². The molecular weight excluding hydrogens is 299 g/mol. The highest BCUT2D eigenvalue weighted by atomic mass is 32.2. The van der Waals surface area contributed by atoms with Gasteiger partial charge in [-0.1, -0.05) is 0 Å². The second-order valence-electron chi connectivity index (χ2n) is 4.91. The monoisotopic (exact) mass is 316 g/mol. The van der Waals surface area contributed by atoms with Gasteiger partial charge < -0.3 is 10.1 Å². The molecule has 0 saturated carbocycles. The quantitative estimate of drug-likeness (QED) is 0.857. The van der Waals surface area contributed by atoms with Gasteiger partial charge in [0.15, 0.2) is 0 Å². The van der Waals surface area contributed by atoms with Crippen LogP contribution in [0.1, 0.15) is 25.7 Å². The van der Waals surface area contributed by atoms with E-state index in [4.69, 9.17) is 9.88 Å². The molecule has 1 aliphatic heterocycles. The van der Waals surface area contributed by atoms with Crippen LogP contribution in [-0.2, 0) is 19.6 Å². The number of anilines is 1. The summed E-state index contributed by atoms with van der Waals surface area (Å²) in [5.74, 6) is -1.11.